The second-order valence-electron chi connectivity index (χ2n) is 1.80. The van der Waals surface area contributed by atoms with Gasteiger partial charge in [0.15, 0.2) is 0 Å². The molecule has 50 valence electrons. The first-order valence-corrected chi connectivity index (χ1v) is 3.80. The van der Waals surface area contributed by atoms with Crippen LogP contribution in [0.3, 0.4) is 0 Å². The highest BCUT2D eigenvalue weighted by Gasteiger charge is 1.78. The molecule has 0 spiro atoms. The van der Waals surface area contributed by atoms with E-state index in [2.05, 4.69) is 21.7 Å². The normalized spacial score (nSPS) is 27.5. The topological polar surface area (TPSA) is 0 Å². The Hall–Kier alpha value is -0.780. The molecule has 0 aromatic carbocycles. The molecule has 1 aliphatic rings. The van der Waals surface area contributed by atoms with Crippen molar-refractivity contribution in [2.75, 3.05) is 0 Å². The molecule has 0 bridgehead atoms. The van der Waals surface area contributed by atoms with E-state index in [9.17, 15) is 0 Å². The van der Waals surface area contributed by atoms with Gasteiger partial charge in [-0.15, -0.1) is 5.73 Å². The predicted molar refractivity (Wildman–Crippen MR) is 47.9 cm³/mol. The number of hydrogen-bond acceptors (Lipinski definition) is 0. The molecule has 0 aromatic heterocycles. The molecule has 0 saturated heterocycles. The van der Waals surface area contributed by atoms with Crippen LogP contribution in [-0.2, 0) is 0 Å². The summed E-state index contributed by atoms with van der Waals surface area (Å²) in [6, 6.07) is 0. The van der Waals surface area contributed by atoms with Crippen molar-refractivity contribution < 1.29 is 0 Å². The molecule has 0 aromatic rings. The van der Waals surface area contributed by atoms with E-state index in [4.69, 9.17) is 0 Å². The molecule has 1 rings (SSSR count). The van der Waals surface area contributed by atoms with E-state index in [0.717, 1.165) is 4.48 Å². The summed E-state index contributed by atoms with van der Waals surface area (Å²) < 4.78 is 1.06. The van der Waals surface area contributed by atoms with Gasteiger partial charge in [-0.2, -0.15) is 0 Å². The Labute approximate surface area is 69.1 Å². The summed E-state index contributed by atoms with van der Waals surface area (Å²) in [6.45, 7) is 0. The molecule has 0 radical (unpaired) electrons. The Kier molecular flexibility index (Phi) is 3.01. The van der Waals surface area contributed by atoms with E-state index in [1.165, 1.54) is 0 Å². The highest BCUT2D eigenvalue weighted by molar-refractivity contribution is 9.11. The molecular weight excluding hydrogens is 188 g/mol. The molecule has 0 aliphatic heterocycles. The molecule has 0 N–H and O–H groups in total. The van der Waals surface area contributed by atoms with Gasteiger partial charge in [0.2, 0.25) is 0 Å². The molecule has 0 heterocycles. The van der Waals surface area contributed by atoms with Gasteiger partial charge in [-0.05, 0) is 24.3 Å². The monoisotopic (exact) mass is 194 g/mol. The zero-order valence-electron chi connectivity index (χ0n) is 5.42. The Balaban J connectivity index is 2.91. The summed E-state index contributed by atoms with van der Waals surface area (Å²) in [5.74, 6) is 0. The van der Waals surface area contributed by atoms with E-state index in [-0.39, 0.29) is 0 Å². The van der Waals surface area contributed by atoms with Crippen molar-refractivity contribution in [2.24, 2.45) is 0 Å². The van der Waals surface area contributed by atoms with Gasteiger partial charge in [0.1, 0.15) is 0 Å². The lowest BCUT2D eigenvalue weighted by atomic mass is 10.4. The van der Waals surface area contributed by atoms with Crippen molar-refractivity contribution in [2.45, 2.75) is 0 Å². The van der Waals surface area contributed by atoms with Gasteiger partial charge in [0.25, 0.3) is 0 Å². The summed E-state index contributed by atoms with van der Waals surface area (Å²) >= 11 is 3.36. The smallest absolute Gasteiger partial charge is 0.0181 e. The van der Waals surface area contributed by atoms with Crippen molar-refractivity contribution in [3.63, 3.8) is 0 Å². The SMILES string of the molecule is BrC1=C/C=C=C\C=C/C=C\1. The largest absolute Gasteiger partial charge is 0.121 e. The zero-order valence-corrected chi connectivity index (χ0v) is 7.01. The van der Waals surface area contributed by atoms with Crippen LogP contribution in [0.25, 0.3) is 0 Å². The summed E-state index contributed by atoms with van der Waals surface area (Å²) in [4.78, 5) is 0. The van der Waals surface area contributed by atoms with Crippen LogP contribution >= 0.6 is 15.9 Å². The maximum Gasteiger partial charge on any atom is 0.0181 e. The summed E-state index contributed by atoms with van der Waals surface area (Å²) in [7, 11) is 0. The van der Waals surface area contributed by atoms with Gasteiger partial charge < -0.3 is 0 Å². The Bertz CT molecular complexity index is 248. The van der Waals surface area contributed by atoms with Gasteiger partial charge in [-0.25, -0.2) is 0 Å². The molecule has 1 heteroatoms. The van der Waals surface area contributed by atoms with Gasteiger partial charge in [0.05, 0.1) is 0 Å². The Morgan fingerprint density at radius 3 is 2.90 bits per heavy atom. The van der Waals surface area contributed by atoms with Crippen LogP contribution in [0.2, 0.25) is 0 Å². The van der Waals surface area contributed by atoms with Gasteiger partial charge >= 0.3 is 0 Å². The quantitative estimate of drug-likeness (QED) is 0.521. The Morgan fingerprint density at radius 1 is 1.10 bits per heavy atom. The van der Waals surface area contributed by atoms with Gasteiger partial charge in [-0.1, -0.05) is 34.2 Å². The molecular formula is C9H7Br. The molecule has 0 nitrogen and oxygen atoms in total. The molecule has 0 atom stereocenters. The number of allylic oxidation sites excluding steroid dienone is 7. The maximum absolute atomic E-state index is 3.36. The zero-order chi connectivity index (χ0) is 7.23. The molecule has 0 amide bonds. The van der Waals surface area contributed by atoms with E-state index in [1.54, 1.807) is 0 Å². The predicted octanol–water partition coefficient (Wildman–Crippen LogP) is 3.10. The second kappa shape index (κ2) is 4.10. The number of hydrogen-bond donors (Lipinski definition) is 0. The molecule has 10 heavy (non-hydrogen) atoms. The van der Waals surface area contributed by atoms with Crippen LogP contribution in [0.15, 0.2) is 52.7 Å². The van der Waals surface area contributed by atoms with Crippen LogP contribution < -0.4 is 0 Å². The standard InChI is InChI=1S/C9H7Br/c10-9-7-5-3-1-2-4-6-8-9/h1-3,5-8H/b3-1-,7-5-,9-8+. The fraction of sp³-hybridized carbons (Fsp3) is 0. The average Bonchev–Trinajstić information content (AvgIpc) is 2.02. The van der Waals surface area contributed by atoms with Crippen molar-refractivity contribution >= 4 is 15.9 Å². The number of rotatable bonds is 0. The van der Waals surface area contributed by atoms with Crippen LogP contribution in [0.5, 0.6) is 0 Å². The van der Waals surface area contributed by atoms with Crippen LogP contribution in [0.4, 0.5) is 0 Å². The third kappa shape index (κ3) is 2.67. The molecule has 0 fully saturated rings. The Morgan fingerprint density at radius 2 is 2.00 bits per heavy atom. The lowest BCUT2D eigenvalue weighted by molar-refractivity contribution is 1.87. The van der Waals surface area contributed by atoms with E-state index in [0.29, 0.717) is 0 Å². The minimum atomic E-state index is 1.06. The minimum absolute atomic E-state index is 1.06. The van der Waals surface area contributed by atoms with Gasteiger partial charge in [-0.3, -0.25) is 0 Å². The van der Waals surface area contributed by atoms with Gasteiger partial charge in [0, 0.05) is 4.48 Å². The van der Waals surface area contributed by atoms with Crippen LogP contribution in [0.1, 0.15) is 0 Å². The van der Waals surface area contributed by atoms with E-state index < -0.39 is 0 Å². The van der Waals surface area contributed by atoms with Crippen molar-refractivity contribution in [3.05, 3.63) is 52.7 Å². The molecule has 0 unspecified atom stereocenters. The second-order valence-corrected chi connectivity index (χ2v) is 2.71. The van der Waals surface area contributed by atoms with Crippen molar-refractivity contribution in [1.82, 2.24) is 0 Å². The highest BCUT2D eigenvalue weighted by atomic mass is 79.9. The number of halogens is 1. The third-order valence-corrected chi connectivity index (χ3v) is 1.54. The molecule has 1 aliphatic carbocycles. The third-order valence-electron chi connectivity index (χ3n) is 1.01. The van der Waals surface area contributed by atoms with Crippen molar-refractivity contribution in [1.29, 1.82) is 0 Å². The van der Waals surface area contributed by atoms with E-state index >= 15 is 0 Å². The fourth-order valence-electron chi connectivity index (χ4n) is 0.562. The first kappa shape index (κ1) is 7.33. The van der Waals surface area contributed by atoms with E-state index in [1.807, 2.05) is 42.5 Å². The first-order valence-electron chi connectivity index (χ1n) is 3.01. The lowest BCUT2D eigenvalue weighted by Crippen LogP contribution is -1.56. The summed E-state index contributed by atoms with van der Waals surface area (Å²) in [6.07, 6.45) is 13.5. The van der Waals surface area contributed by atoms with Crippen molar-refractivity contribution in [3.8, 4) is 0 Å². The minimum Gasteiger partial charge on any atom is -0.121 e. The average molecular weight is 195 g/mol. The highest BCUT2D eigenvalue weighted by Crippen LogP contribution is 2.06. The summed E-state index contributed by atoms with van der Waals surface area (Å²) in [5, 5.41) is 0. The van der Waals surface area contributed by atoms with Crippen LogP contribution in [0, 0.1) is 0 Å². The summed E-state index contributed by atoms with van der Waals surface area (Å²) in [5.41, 5.74) is 2.97. The lowest BCUT2D eigenvalue weighted by Gasteiger charge is -1.80. The maximum atomic E-state index is 3.36. The molecule has 0 saturated carbocycles. The fourth-order valence-corrected chi connectivity index (χ4v) is 0.846. The van der Waals surface area contributed by atoms with Crippen LogP contribution in [-0.4, -0.2) is 0 Å². The first-order chi connectivity index (χ1) is 4.89.